The van der Waals surface area contributed by atoms with Crippen LogP contribution in [-0.4, -0.2) is 68.1 Å². The van der Waals surface area contributed by atoms with Gasteiger partial charge in [-0.2, -0.15) is 0 Å². The minimum atomic E-state index is 0.0845. The van der Waals surface area contributed by atoms with Gasteiger partial charge in [-0.1, -0.05) is 6.07 Å². The lowest BCUT2D eigenvalue weighted by Gasteiger charge is -2.24. The van der Waals surface area contributed by atoms with Crippen molar-refractivity contribution in [3.63, 3.8) is 0 Å². The average Bonchev–Trinajstić information content (AvgIpc) is 2.61. The lowest BCUT2D eigenvalue weighted by Crippen LogP contribution is -2.44. The predicted octanol–water partition coefficient (Wildman–Crippen LogP) is 0.768. The van der Waals surface area contributed by atoms with Crippen LogP contribution in [0.15, 0.2) is 30.3 Å². The van der Waals surface area contributed by atoms with E-state index in [0.717, 1.165) is 61.4 Å². The minimum Gasteiger partial charge on any atom is -0.336 e. The molecule has 0 saturated carbocycles. The van der Waals surface area contributed by atoms with Crippen molar-refractivity contribution in [2.45, 2.75) is 6.92 Å². The second-order valence-electron chi connectivity index (χ2n) is 6.40. The van der Waals surface area contributed by atoms with Gasteiger partial charge in [0.1, 0.15) is 0 Å². The van der Waals surface area contributed by atoms with Crippen molar-refractivity contribution in [3.8, 4) is 0 Å². The number of benzene rings is 1. The number of amides is 1. The third-order valence-electron chi connectivity index (χ3n) is 4.44. The van der Waals surface area contributed by atoms with Gasteiger partial charge in [0.05, 0.1) is 5.52 Å². The molecule has 6 nitrogen and oxygen atoms in total. The monoisotopic (exact) mass is 341 g/mol. The lowest BCUT2D eigenvalue weighted by molar-refractivity contribution is 0.0758. The number of pyridine rings is 1. The van der Waals surface area contributed by atoms with Gasteiger partial charge < -0.3 is 20.9 Å². The van der Waals surface area contributed by atoms with Gasteiger partial charge >= 0.3 is 0 Å². The molecule has 1 fully saturated rings. The number of fused-ring (bicyclic) bond motifs is 1. The number of nitrogens with zero attached hydrogens (tertiary/aromatic N) is 2. The zero-order chi connectivity index (χ0) is 17.5. The van der Waals surface area contributed by atoms with Crippen LogP contribution in [0.2, 0.25) is 0 Å². The van der Waals surface area contributed by atoms with E-state index < -0.39 is 0 Å². The molecule has 1 aromatic heterocycles. The first-order valence-electron chi connectivity index (χ1n) is 9.03. The second kappa shape index (κ2) is 8.89. The standard InChI is InChI=1S/C19H27N5O/c1-15-2-3-16-14-17(4-5-18(16)23-15)19(25)24-12-10-21-8-6-20-7-9-22-11-13-24/h2-5,14,20-22H,6-13H2,1H3. The van der Waals surface area contributed by atoms with E-state index in [9.17, 15) is 4.79 Å². The summed E-state index contributed by atoms with van der Waals surface area (Å²) in [5.41, 5.74) is 2.65. The molecule has 25 heavy (non-hydrogen) atoms. The Morgan fingerprint density at radius 3 is 2.24 bits per heavy atom. The summed E-state index contributed by atoms with van der Waals surface area (Å²) in [6.45, 7) is 8.76. The van der Waals surface area contributed by atoms with Gasteiger partial charge in [0, 0.05) is 69.0 Å². The average molecular weight is 341 g/mol. The zero-order valence-electron chi connectivity index (χ0n) is 14.8. The molecule has 0 spiro atoms. The SMILES string of the molecule is Cc1ccc2cc(C(=O)N3CCNCCNCCNCC3)ccc2n1. The Labute approximate surface area is 149 Å². The Morgan fingerprint density at radius 2 is 1.56 bits per heavy atom. The van der Waals surface area contributed by atoms with Gasteiger partial charge in [0.2, 0.25) is 0 Å². The van der Waals surface area contributed by atoms with Gasteiger partial charge in [-0.15, -0.1) is 0 Å². The Bertz CT molecular complexity index is 706. The molecule has 1 aliphatic heterocycles. The highest BCUT2D eigenvalue weighted by molar-refractivity contribution is 5.98. The molecule has 6 heteroatoms. The smallest absolute Gasteiger partial charge is 0.253 e. The maximum atomic E-state index is 13.0. The van der Waals surface area contributed by atoms with E-state index in [1.165, 1.54) is 0 Å². The first kappa shape index (κ1) is 17.8. The van der Waals surface area contributed by atoms with Gasteiger partial charge in [-0.05, 0) is 31.2 Å². The Balaban J connectivity index is 1.72. The highest BCUT2D eigenvalue weighted by Crippen LogP contribution is 2.16. The fourth-order valence-electron chi connectivity index (χ4n) is 3.01. The van der Waals surface area contributed by atoms with Crippen LogP contribution in [0.4, 0.5) is 0 Å². The molecule has 2 aromatic rings. The molecule has 134 valence electrons. The number of carbonyl (C=O) groups excluding carboxylic acids is 1. The van der Waals surface area contributed by atoms with Crippen molar-refractivity contribution in [2.75, 3.05) is 52.4 Å². The molecular weight excluding hydrogens is 314 g/mol. The van der Waals surface area contributed by atoms with Crippen LogP contribution >= 0.6 is 0 Å². The maximum absolute atomic E-state index is 13.0. The van der Waals surface area contributed by atoms with E-state index in [2.05, 4.69) is 20.9 Å². The number of nitrogens with one attached hydrogen (secondary N) is 3. The maximum Gasteiger partial charge on any atom is 0.253 e. The molecule has 0 atom stereocenters. The van der Waals surface area contributed by atoms with E-state index in [4.69, 9.17) is 0 Å². The lowest BCUT2D eigenvalue weighted by atomic mass is 10.1. The Morgan fingerprint density at radius 1 is 0.920 bits per heavy atom. The van der Waals surface area contributed by atoms with Crippen LogP contribution in [0, 0.1) is 6.92 Å². The summed E-state index contributed by atoms with van der Waals surface area (Å²) >= 11 is 0. The molecule has 1 amide bonds. The first-order valence-corrected chi connectivity index (χ1v) is 9.03. The first-order chi connectivity index (χ1) is 12.2. The largest absolute Gasteiger partial charge is 0.336 e. The van der Waals surface area contributed by atoms with E-state index >= 15 is 0 Å². The highest BCUT2D eigenvalue weighted by atomic mass is 16.2. The van der Waals surface area contributed by atoms with Crippen LogP contribution in [0.25, 0.3) is 10.9 Å². The second-order valence-corrected chi connectivity index (χ2v) is 6.40. The van der Waals surface area contributed by atoms with Crippen molar-refractivity contribution >= 4 is 16.8 Å². The number of rotatable bonds is 1. The minimum absolute atomic E-state index is 0.0845. The molecular formula is C19H27N5O. The topological polar surface area (TPSA) is 69.3 Å². The Kier molecular flexibility index (Phi) is 6.33. The molecule has 1 aliphatic rings. The summed E-state index contributed by atoms with van der Waals surface area (Å²) in [6, 6.07) is 9.78. The van der Waals surface area contributed by atoms with E-state index in [1.54, 1.807) is 0 Å². The molecule has 0 unspecified atom stereocenters. The molecule has 0 radical (unpaired) electrons. The van der Waals surface area contributed by atoms with Crippen molar-refractivity contribution in [1.82, 2.24) is 25.8 Å². The van der Waals surface area contributed by atoms with Gasteiger partial charge in [0.25, 0.3) is 5.91 Å². The van der Waals surface area contributed by atoms with Crippen LogP contribution in [-0.2, 0) is 0 Å². The van der Waals surface area contributed by atoms with Crippen molar-refractivity contribution in [2.24, 2.45) is 0 Å². The number of aryl methyl sites for hydroxylation is 1. The summed E-state index contributed by atoms with van der Waals surface area (Å²) < 4.78 is 0. The number of carbonyl (C=O) groups is 1. The van der Waals surface area contributed by atoms with Gasteiger partial charge in [-0.25, -0.2) is 0 Å². The summed E-state index contributed by atoms with van der Waals surface area (Å²) in [6.07, 6.45) is 0. The summed E-state index contributed by atoms with van der Waals surface area (Å²) in [5.74, 6) is 0.0845. The van der Waals surface area contributed by atoms with Crippen LogP contribution in [0.1, 0.15) is 16.1 Å². The van der Waals surface area contributed by atoms with Crippen molar-refractivity contribution < 1.29 is 4.79 Å². The van der Waals surface area contributed by atoms with E-state index in [1.807, 2.05) is 42.2 Å². The number of hydrogen-bond acceptors (Lipinski definition) is 5. The summed E-state index contributed by atoms with van der Waals surface area (Å²) in [7, 11) is 0. The third kappa shape index (κ3) is 4.98. The third-order valence-corrected chi connectivity index (χ3v) is 4.44. The Hall–Kier alpha value is -2.02. The summed E-state index contributed by atoms with van der Waals surface area (Å²) in [5, 5.41) is 11.2. The molecule has 1 saturated heterocycles. The highest BCUT2D eigenvalue weighted by Gasteiger charge is 2.16. The molecule has 3 rings (SSSR count). The van der Waals surface area contributed by atoms with Crippen LogP contribution in [0.5, 0.6) is 0 Å². The zero-order valence-corrected chi connectivity index (χ0v) is 14.8. The molecule has 3 N–H and O–H groups in total. The molecule has 2 heterocycles. The molecule has 1 aromatic carbocycles. The normalized spacial score (nSPS) is 17.7. The van der Waals surface area contributed by atoms with Crippen LogP contribution < -0.4 is 16.0 Å². The van der Waals surface area contributed by atoms with Crippen LogP contribution in [0.3, 0.4) is 0 Å². The molecule has 0 bridgehead atoms. The number of hydrogen-bond donors (Lipinski definition) is 3. The number of aromatic nitrogens is 1. The van der Waals surface area contributed by atoms with Crippen molar-refractivity contribution in [1.29, 1.82) is 0 Å². The fraction of sp³-hybridized carbons (Fsp3) is 0.474. The quantitative estimate of drug-likeness (QED) is 0.715. The fourth-order valence-corrected chi connectivity index (χ4v) is 3.01. The molecule has 0 aliphatic carbocycles. The van der Waals surface area contributed by atoms with Gasteiger partial charge in [-0.3, -0.25) is 9.78 Å². The van der Waals surface area contributed by atoms with Crippen molar-refractivity contribution in [3.05, 3.63) is 41.6 Å². The van der Waals surface area contributed by atoms with E-state index in [0.29, 0.717) is 13.1 Å². The summed E-state index contributed by atoms with van der Waals surface area (Å²) in [4.78, 5) is 19.4. The van der Waals surface area contributed by atoms with E-state index in [-0.39, 0.29) is 5.91 Å². The predicted molar refractivity (Wildman–Crippen MR) is 101 cm³/mol. The van der Waals surface area contributed by atoms with Gasteiger partial charge in [0.15, 0.2) is 0 Å².